The number of benzene rings is 4. The number of ether oxygens (including phenoxy) is 1. The first-order valence-corrected chi connectivity index (χ1v) is 36.3. The van der Waals surface area contributed by atoms with Crippen molar-refractivity contribution < 1.29 is 49.4 Å². The molecule has 90 heavy (non-hydrogen) atoms. The minimum Gasteiger partial charge on any atom is -0.489 e. The van der Waals surface area contributed by atoms with E-state index in [1.54, 1.807) is 113 Å². The third-order valence-electron chi connectivity index (χ3n) is 11.5. The van der Waals surface area contributed by atoms with Crippen LogP contribution in [-0.4, -0.2) is 146 Å². The van der Waals surface area contributed by atoms with Crippen LogP contribution in [0.5, 0.6) is 5.75 Å². The Labute approximate surface area is 606 Å². The van der Waals surface area contributed by atoms with Gasteiger partial charge < -0.3 is 49.9 Å². The summed E-state index contributed by atoms with van der Waals surface area (Å²) in [4.78, 5) is 37.0. The first-order valence-electron chi connectivity index (χ1n) is 24.4. The Morgan fingerprint density at radius 3 is 1.03 bits per heavy atom. The fraction of sp³-hybridized carbons (Fsp3) is 0.426. The number of halogens is 15. The van der Waals surface area contributed by atoms with Crippen LogP contribution in [0.1, 0.15) is 73.5 Å². The number of carbonyl (C=O) groups is 1. The molecule has 0 radical (unpaired) electrons. The van der Waals surface area contributed by atoms with Gasteiger partial charge in [-0.2, -0.15) is 0 Å². The van der Waals surface area contributed by atoms with E-state index in [0.717, 1.165) is 21.5 Å². The Morgan fingerprint density at radius 1 is 0.433 bits per heavy atom. The van der Waals surface area contributed by atoms with Crippen molar-refractivity contribution in [1.29, 1.82) is 0 Å². The molecule has 506 valence electrons. The predicted molar refractivity (Wildman–Crippen MR) is 379 cm³/mol. The Balaban J connectivity index is 0. The van der Waals surface area contributed by atoms with Gasteiger partial charge in [0.1, 0.15) is 12.4 Å². The van der Waals surface area contributed by atoms with Crippen molar-refractivity contribution in [1.82, 2.24) is 35.2 Å². The van der Waals surface area contributed by atoms with Crippen molar-refractivity contribution in [3.8, 4) is 28.5 Å². The third kappa shape index (κ3) is 27.4. The molecule has 2 heterocycles. The molecule has 1 amide bonds. The maximum atomic E-state index is 12.5. The summed E-state index contributed by atoms with van der Waals surface area (Å²) in [5, 5.41) is 4.61. The second-order valence-corrected chi connectivity index (χ2v) is 34.8. The van der Waals surface area contributed by atoms with Crippen LogP contribution in [0.25, 0.3) is 22.8 Å². The van der Waals surface area contributed by atoms with Crippen LogP contribution in [0, 0.1) is 0 Å². The molecule has 18 nitrogen and oxygen atoms in total. The standard InChI is InChI=1S/C21H19Cl6N3O4Si.C18H20Cl6N4O4Si.C10H15ClO3Si.2CH3Cl.3CH4/c1-31-35(32-2,33-3)16-10-4-13(5-11-16)12-34-15-8-6-14(7-9-15)17-28-18(20(22,23)24)30-19(29-17)21(25,26)27;1-30-33(31-2,32-3)10-4-9-25-14(29)12-7-5-11(6-8-12)13-26-15(17(19,20)21)28-16(27-13)18(22,23)24;1-12-15(13-2,14-3)10-6-4-9(8-11)5-7-10;2*1-2;;;/h4-11H,12H2,1-3H3;5-8H,4,9-10H2,1-3H3,(H,25,29);4-7H,8H2,1-3H3;2*1H3;3*1H4. The van der Waals surface area contributed by atoms with Gasteiger partial charge in [-0.25, -0.2) is 29.9 Å². The lowest BCUT2D eigenvalue weighted by atomic mass is 10.1. The number of carbonyl (C=O) groups excluding carboxylic acids is 1. The van der Waals surface area contributed by atoms with Crippen molar-refractivity contribution >= 4 is 217 Å². The molecule has 0 bridgehead atoms. The van der Waals surface area contributed by atoms with Gasteiger partial charge in [0, 0.05) is 122 Å². The molecule has 0 aliphatic rings. The van der Waals surface area contributed by atoms with E-state index < -0.39 is 41.6 Å². The van der Waals surface area contributed by atoms with Gasteiger partial charge in [0.15, 0.2) is 34.9 Å². The smallest absolute Gasteiger partial charge is 0.489 e. The quantitative estimate of drug-likeness (QED) is 0.0382. The molecule has 0 saturated carbocycles. The van der Waals surface area contributed by atoms with E-state index in [9.17, 15) is 4.79 Å². The van der Waals surface area contributed by atoms with E-state index in [0.29, 0.717) is 53.9 Å². The summed E-state index contributed by atoms with van der Waals surface area (Å²) in [6.07, 6.45) is 3.57. The number of nitrogens with one attached hydrogen (secondary N) is 1. The largest absolute Gasteiger partial charge is 0.536 e. The van der Waals surface area contributed by atoms with Gasteiger partial charge in [0.05, 0.1) is 0 Å². The molecule has 36 heteroatoms. The molecule has 0 spiro atoms. The van der Waals surface area contributed by atoms with E-state index in [1.165, 1.54) is 12.8 Å². The molecular weight excluding hydrogens is 1540 g/mol. The minimum absolute atomic E-state index is 0. The van der Waals surface area contributed by atoms with E-state index in [2.05, 4.69) is 58.4 Å². The summed E-state index contributed by atoms with van der Waals surface area (Å²) >= 11 is 86.0. The summed E-state index contributed by atoms with van der Waals surface area (Å²) < 4.78 is 46.7. The van der Waals surface area contributed by atoms with Gasteiger partial charge in [0.2, 0.25) is 15.2 Å². The first-order chi connectivity index (χ1) is 41.0. The second-order valence-electron chi connectivity index (χ2n) is 16.5. The van der Waals surface area contributed by atoms with Crippen LogP contribution in [0.4, 0.5) is 0 Å². The maximum Gasteiger partial charge on any atom is 0.536 e. The van der Waals surface area contributed by atoms with Crippen LogP contribution >= 0.6 is 174 Å². The van der Waals surface area contributed by atoms with E-state index in [1.807, 2.05) is 48.5 Å². The molecule has 0 saturated heterocycles. The molecule has 1 N–H and O–H groups in total. The van der Waals surface area contributed by atoms with Crippen LogP contribution < -0.4 is 20.4 Å². The molecule has 4 aromatic carbocycles. The average Bonchev–Trinajstić information content (AvgIpc) is 2.53. The fourth-order valence-corrected chi connectivity index (χ4v) is 13.6. The number of alkyl halides is 15. The first kappa shape index (κ1) is 90.9. The lowest BCUT2D eigenvalue weighted by Gasteiger charge is -2.24. The number of hydrogen-bond donors (Lipinski definition) is 1. The van der Waals surface area contributed by atoms with Crippen molar-refractivity contribution in [3.05, 3.63) is 137 Å². The van der Waals surface area contributed by atoms with Gasteiger partial charge >= 0.3 is 26.4 Å². The van der Waals surface area contributed by atoms with Crippen LogP contribution in [0.15, 0.2) is 97.1 Å². The zero-order valence-electron chi connectivity index (χ0n) is 48.1. The molecule has 0 unspecified atom stereocenters. The minimum atomic E-state index is -2.88. The van der Waals surface area contributed by atoms with Crippen LogP contribution in [0.2, 0.25) is 6.04 Å². The highest BCUT2D eigenvalue weighted by atomic mass is 35.6. The van der Waals surface area contributed by atoms with Gasteiger partial charge in [-0.15, -0.1) is 34.8 Å². The summed E-state index contributed by atoms with van der Waals surface area (Å²) in [6, 6.07) is 29.3. The normalized spacial score (nSPS) is 11.6. The number of rotatable bonds is 22. The van der Waals surface area contributed by atoms with Gasteiger partial charge in [0.25, 0.3) is 5.91 Å². The average molecular weight is 1610 g/mol. The molecule has 0 atom stereocenters. The molecule has 0 aliphatic heterocycles. The van der Waals surface area contributed by atoms with E-state index in [-0.39, 0.29) is 63.1 Å². The Kier molecular flexibility index (Phi) is 43.6. The molecule has 6 rings (SSSR count). The highest BCUT2D eigenvalue weighted by Crippen LogP contribution is 2.42. The molecule has 0 fully saturated rings. The van der Waals surface area contributed by atoms with E-state index in [4.69, 9.17) is 195 Å². The fourth-order valence-electron chi connectivity index (χ4n) is 7.13. The highest BCUT2D eigenvalue weighted by Gasteiger charge is 2.42. The zero-order chi connectivity index (χ0) is 66.0. The highest BCUT2D eigenvalue weighted by molar-refractivity contribution is 6.76. The summed E-state index contributed by atoms with van der Waals surface area (Å²) in [5.74, 6) is 0.394. The maximum absolute atomic E-state index is 12.5. The molecule has 0 aliphatic carbocycles. The summed E-state index contributed by atoms with van der Waals surface area (Å²) in [7, 11) is 5.86. The Bertz CT molecular complexity index is 2900. The Morgan fingerprint density at radius 2 is 0.744 bits per heavy atom. The lowest BCUT2D eigenvalue weighted by molar-refractivity contribution is 0.0949. The van der Waals surface area contributed by atoms with Crippen molar-refractivity contribution in [2.45, 2.75) is 62.4 Å². The second kappa shape index (κ2) is 43.2. The Hall–Kier alpha value is -1.19. The van der Waals surface area contributed by atoms with Gasteiger partial charge in [-0.3, -0.25) is 4.79 Å². The predicted octanol–water partition coefficient (Wildman–Crippen LogP) is 16.2. The van der Waals surface area contributed by atoms with Gasteiger partial charge in [-0.05, 0) is 53.9 Å². The van der Waals surface area contributed by atoms with Crippen molar-refractivity contribution in [2.75, 3.05) is 83.3 Å². The topological polar surface area (TPSA) is 199 Å². The number of hydrogen-bond acceptors (Lipinski definition) is 17. The zero-order valence-corrected chi connectivity index (χ0v) is 62.5. The third-order valence-corrected chi connectivity index (χ3v) is 21.9. The monoisotopic (exact) mass is 1600 g/mol. The SMILES string of the molecule is C.C.C.CCl.CCl.CO[Si](CCCNC(=O)c1ccc(-c2nc(C(Cl)(Cl)Cl)nc(C(Cl)(Cl)Cl)n2)cc1)(OC)OC.CO[Si](OC)(OC)c1ccc(CCl)cc1.CO[Si](OC)(OC)c1ccc(COc2ccc(-c3nc(C(Cl)(Cl)Cl)nc(C(Cl)(Cl)Cl)n3)cc2)cc1. The van der Waals surface area contributed by atoms with Gasteiger partial charge in [-0.1, -0.05) is 222 Å². The lowest BCUT2D eigenvalue weighted by Crippen LogP contribution is -2.54. The number of nitrogens with zero attached hydrogens (tertiary/aromatic N) is 6. The van der Waals surface area contributed by atoms with Crippen LogP contribution in [0.3, 0.4) is 0 Å². The summed E-state index contributed by atoms with van der Waals surface area (Å²) in [5.41, 5.74) is 3.50. The van der Waals surface area contributed by atoms with Crippen molar-refractivity contribution in [2.24, 2.45) is 0 Å². The molecule has 6 aromatic rings. The molecular formula is C54H72Cl15N7O11Si3. The molecule has 2 aromatic heterocycles. The summed E-state index contributed by atoms with van der Waals surface area (Å²) in [6.45, 7) is 0.750. The number of aromatic nitrogens is 6. The number of amides is 1. The van der Waals surface area contributed by atoms with Crippen LogP contribution in [-0.2, 0) is 67.5 Å². The van der Waals surface area contributed by atoms with Crippen molar-refractivity contribution in [3.63, 3.8) is 0 Å². The van der Waals surface area contributed by atoms with E-state index >= 15 is 0 Å².